The zero-order chi connectivity index (χ0) is 17.4. The van der Waals surface area contributed by atoms with Crippen LogP contribution in [0.3, 0.4) is 0 Å². The largest absolute Gasteiger partial charge is 0.410 e. The first kappa shape index (κ1) is 22.3. The van der Waals surface area contributed by atoms with E-state index in [1.54, 1.807) is 7.11 Å². The molecule has 3 atom stereocenters. The van der Waals surface area contributed by atoms with Crippen LogP contribution in [0, 0.1) is 5.92 Å². The molecule has 0 radical (unpaired) electrons. The van der Waals surface area contributed by atoms with Crippen LogP contribution in [0.2, 0.25) is 18.1 Å². The minimum absolute atomic E-state index is 0.00648. The zero-order valence-corrected chi connectivity index (χ0v) is 18.3. The van der Waals surface area contributed by atoms with Crippen molar-refractivity contribution in [1.29, 1.82) is 0 Å². The molecule has 0 aliphatic heterocycles. The second-order valence-electron chi connectivity index (χ2n) is 7.29. The van der Waals surface area contributed by atoms with E-state index in [1.165, 1.54) is 0 Å². The van der Waals surface area contributed by atoms with Crippen LogP contribution >= 0.6 is 22.6 Å². The Labute approximate surface area is 151 Å². The third-order valence-electron chi connectivity index (χ3n) is 4.45. The van der Waals surface area contributed by atoms with Crippen molar-refractivity contribution < 1.29 is 14.3 Å². The molecule has 0 aromatic rings. The van der Waals surface area contributed by atoms with Crippen molar-refractivity contribution in [2.45, 2.75) is 64.5 Å². The Morgan fingerprint density at radius 3 is 2.23 bits per heavy atom. The molecule has 0 bridgehead atoms. The highest BCUT2D eigenvalue weighted by atomic mass is 127. The van der Waals surface area contributed by atoms with Crippen molar-refractivity contribution in [1.82, 2.24) is 0 Å². The summed E-state index contributed by atoms with van der Waals surface area (Å²) in [6, 6.07) is 0. The van der Waals surface area contributed by atoms with Crippen molar-refractivity contribution in [3.63, 3.8) is 0 Å². The molecule has 3 nitrogen and oxygen atoms in total. The molecule has 5 heteroatoms. The summed E-state index contributed by atoms with van der Waals surface area (Å²) in [7, 11) is -0.145. The summed E-state index contributed by atoms with van der Waals surface area (Å²) in [6.45, 7) is 13.4. The summed E-state index contributed by atoms with van der Waals surface area (Å²) in [5, 5.41) is 9.55. The Balaban J connectivity index is 5.12. The van der Waals surface area contributed by atoms with Crippen LogP contribution in [0.4, 0.5) is 0 Å². The molecule has 0 aliphatic rings. The van der Waals surface area contributed by atoms with Gasteiger partial charge in [0.1, 0.15) is 0 Å². The molecule has 0 unspecified atom stereocenters. The van der Waals surface area contributed by atoms with E-state index >= 15 is 0 Å². The highest BCUT2D eigenvalue weighted by Gasteiger charge is 2.39. The Morgan fingerprint density at radius 2 is 1.82 bits per heavy atom. The van der Waals surface area contributed by atoms with Crippen LogP contribution in [-0.2, 0) is 9.16 Å². The molecule has 22 heavy (non-hydrogen) atoms. The Kier molecular flexibility index (Phi) is 10.4. The van der Waals surface area contributed by atoms with Gasteiger partial charge in [0, 0.05) is 26.1 Å². The van der Waals surface area contributed by atoms with Crippen molar-refractivity contribution in [2.75, 3.05) is 13.7 Å². The molecule has 0 aliphatic carbocycles. The Morgan fingerprint density at radius 1 is 1.23 bits per heavy atom. The first-order chi connectivity index (χ1) is 10.1. The van der Waals surface area contributed by atoms with Gasteiger partial charge < -0.3 is 14.3 Å². The van der Waals surface area contributed by atoms with Gasteiger partial charge >= 0.3 is 0 Å². The average molecular weight is 440 g/mol. The third kappa shape index (κ3) is 7.72. The second-order valence-corrected chi connectivity index (χ2v) is 12.8. The molecule has 130 valence electrons. The highest BCUT2D eigenvalue weighted by Crippen LogP contribution is 2.38. The lowest BCUT2D eigenvalue weighted by Crippen LogP contribution is -2.44. The fourth-order valence-electron chi connectivity index (χ4n) is 1.86. The third-order valence-corrected chi connectivity index (χ3v) is 9.37. The molecule has 0 saturated carbocycles. The number of ether oxygens (including phenoxy) is 1. The molecular formula is C17H33IO3Si. The van der Waals surface area contributed by atoms with E-state index in [4.69, 9.17) is 9.16 Å². The number of hydrogen-bond acceptors (Lipinski definition) is 3. The van der Waals surface area contributed by atoms with Crippen molar-refractivity contribution in [3.05, 3.63) is 22.3 Å². The number of methoxy groups -OCH3 is 1. The minimum atomic E-state index is -1.85. The normalized spacial score (nSPS) is 18.0. The van der Waals surface area contributed by atoms with Gasteiger partial charge in [-0.25, -0.2) is 0 Å². The maximum absolute atomic E-state index is 9.38. The lowest BCUT2D eigenvalue weighted by molar-refractivity contribution is 0.00840. The van der Waals surface area contributed by atoms with Gasteiger partial charge in [-0.15, -0.1) is 0 Å². The van der Waals surface area contributed by atoms with E-state index in [9.17, 15) is 5.11 Å². The summed E-state index contributed by atoms with van der Waals surface area (Å²) in [4.78, 5) is 0. The molecule has 1 N–H and O–H groups in total. The van der Waals surface area contributed by atoms with E-state index in [0.29, 0.717) is 0 Å². The van der Waals surface area contributed by atoms with Crippen molar-refractivity contribution >= 4 is 30.9 Å². The maximum atomic E-state index is 9.38. The van der Waals surface area contributed by atoms with E-state index in [2.05, 4.69) is 62.5 Å². The monoisotopic (exact) mass is 440 g/mol. The van der Waals surface area contributed by atoms with Gasteiger partial charge in [-0.3, -0.25) is 0 Å². The molecule has 0 rings (SSSR count). The fourth-order valence-corrected chi connectivity index (χ4v) is 3.38. The lowest BCUT2D eigenvalue weighted by Gasteiger charge is -2.39. The first-order valence-electron chi connectivity index (χ1n) is 7.84. The van der Waals surface area contributed by atoms with Gasteiger partial charge in [-0.2, -0.15) is 0 Å². The molecule has 0 heterocycles. The number of hydrogen-bond donors (Lipinski definition) is 1. The molecule has 0 fully saturated rings. The lowest BCUT2D eigenvalue weighted by atomic mass is 9.99. The van der Waals surface area contributed by atoms with E-state index in [1.807, 2.05) is 23.2 Å². The topological polar surface area (TPSA) is 38.7 Å². The van der Waals surface area contributed by atoms with Crippen LogP contribution in [-0.4, -0.2) is 39.3 Å². The van der Waals surface area contributed by atoms with Crippen molar-refractivity contribution in [3.8, 4) is 0 Å². The molecule has 0 aromatic heterocycles. The Hall–Kier alpha value is 0.307. The summed E-state index contributed by atoms with van der Waals surface area (Å²) in [6.07, 6.45) is 6.89. The van der Waals surface area contributed by atoms with Crippen LogP contribution in [0.15, 0.2) is 22.3 Å². The van der Waals surface area contributed by atoms with Crippen LogP contribution in [0.1, 0.15) is 34.1 Å². The van der Waals surface area contributed by atoms with Crippen LogP contribution in [0.5, 0.6) is 0 Å². The number of allylic oxidation sites excluding steroid dienone is 2. The number of aliphatic hydroxyl groups excluding tert-OH is 1. The number of rotatable bonds is 9. The number of halogens is 1. The summed E-state index contributed by atoms with van der Waals surface area (Å²) < 4.78 is 14.1. The summed E-state index contributed by atoms with van der Waals surface area (Å²) in [5.74, 6) is 0.101. The summed E-state index contributed by atoms with van der Waals surface area (Å²) in [5.41, 5.74) is 0. The Bertz CT molecular complexity index is 361. The quantitative estimate of drug-likeness (QED) is 0.314. The maximum Gasteiger partial charge on any atom is 0.192 e. The second kappa shape index (κ2) is 10.2. The zero-order valence-electron chi connectivity index (χ0n) is 15.1. The van der Waals surface area contributed by atoms with Gasteiger partial charge in [0.2, 0.25) is 0 Å². The molecule has 0 saturated heterocycles. The predicted octanol–water partition coefficient (Wildman–Crippen LogP) is 4.92. The first-order valence-corrected chi connectivity index (χ1v) is 12.0. The SMILES string of the molecule is CO[C@H](C[C@H](/C=C/C=C/I)O[Si](C)(C)C(C)(C)C)[C@@H](C)CO. The standard InChI is InChI=1S/C17H33IO3Si/c1-14(13-19)16(20-5)12-15(10-8-9-11-18)21-22(6,7)17(2,3)4/h8-11,14-16,19H,12-13H2,1-7H3/b10-8+,11-9+/t14-,15-,16+/m0/s1. The molecule has 0 spiro atoms. The van der Waals surface area contributed by atoms with Gasteiger partial charge in [-0.1, -0.05) is 68.5 Å². The fraction of sp³-hybridized carbons (Fsp3) is 0.765. The predicted molar refractivity (Wildman–Crippen MR) is 106 cm³/mol. The molecule has 0 aromatic carbocycles. The van der Waals surface area contributed by atoms with E-state index < -0.39 is 8.32 Å². The van der Waals surface area contributed by atoms with E-state index in [0.717, 1.165) is 6.42 Å². The molecule has 0 amide bonds. The van der Waals surface area contributed by atoms with E-state index in [-0.39, 0.29) is 29.8 Å². The van der Waals surface area contributed by atoms with Gasteiger partial charge in [-0.05, 0) is 22.2 Å². The molecular weight excluding hydrogens is 407 g/mol. The van der Waals surface area contributed by atoms with Crippen LogP contribution < -0.4 is 0 Å². The van der Waals surface area contributed by atoms with Crippen molar-refractivity contribution in [2.24, 2.45) is 5.92 Å². The van der Waals surface area contributed by atoms with Gasteiger partial charge in [0.15, 0.2) is 8.32 Å². The van der Waals surface area contributed by atoms with Gasteiger partial charge in [0.05, 0.1) is 12.2 Å². The van der Waals surface area contributed by atoms with Crippen LogP contribution in [0.25, 0.3) is 0 Å². The minimum Gasteiger partial charge on any atom is -0.410 e. The summed E-state index contributed by atoms with van der Waals surface area (Å²) >= 11 is 2.20. The smallest absolute Gasteiger partial charge is 0.192 e. The number of aliphatic hydroxyl groups is 1. The average Bonchev–Trinajstić information content (AvgIpc) is 2.42. The van der Waals surface area contributed by atoms with Gasteiger partial charge in [0.25, 0.3) is 0 Å². The highest BCUT2D eigenvalue weighted by molar-refractivity contribution is 14.1.